The predicted octanol–water partition coefficient (Wildman–Crippen LogP) is 3.19. The summed E-state index contributed by atoms with van der Waals surface area (Å²) in [7, 11) is 0. The van der Waals surface area contributed by atoms with Crippen LogP contribution in [-0.4, -0.2) is 37.3 Å². The van der Waals surface area contributed by atoms with Gasteiger partial charge in [0.2, 0.25) is 0 Å². The Morgan fingerprint density at radius 3 is 2.81 bits per heavy atom. The molecular formula is C15H23F2N3O. The molecule has 0 saturated carbocycles. The average molecular weight is 299 g/mol. The molecule has 1 atom stereocenters. The minimum Gasteiger partial charge on any atom is -0.376 e. The van der Waals surface area contributed by atoms with Crippen LogP contribution in [-0.2, 0) is 4.74 Å². The Balaban J connectivity index is 2.18. The number of nitrogens with one attached hydrogen (secondary N) is 1. The van der Waals surface area contributed by atoms with E-state index in [1.165, 1.54) is 0 Å². The zero-order valence-electron chi connectivity index (χ0n) is 12.7. The zero-order chi connectivity index (χ0) is 15.2. The quantitative estimate of drug-likeness (QED) is 0.839. The molecule has 0 spiro atoms. The molecule has 4 nitrogen and oxygen atoms in total. The van der Waals surface area contributed by atoms with Gasteiger partial charge in [-0.05, 0) is 26.2 Å². The Kier molecular flexibility index (Phi) is 5.73. The van der Waals surface area contributed by atoms with E-state index in [1.54, 1.807) is 0 Å². The molecule has 6 heteroatoms. The van der Waals surface area contributed by atoms with Crippen molar-refractivity contribution in [1.82, 2.24) is 4.98 Å². The van der Waals surface area contributed by atoms with Crippen LogP contribution in [0.5, 0.6) is 0 Å². The van der Waals surface area contributed by atoms with E-state index in [1.807, 2.05) is 18.7 Å². The van der Waals surface area contributed by atoms with Gasteiger partial charge in [0.1, 0.15) is 0 Å². The summed E-state index contributed by atoms with van der Waals surface area (Å²) >= 11 is 0. The third-order valence-corrected chi connectivity index (χ3v) is 3.58. The van der Waals surface area contributed by atoms with Crippen molar-refractivity contribution in [3.05, 3.63) is 17.7 Å². The number of anilines is 2. The Morgan fingerprint density at radius 1 is 1.38 bits per heavy atom. The molecule has 1 aliphatic heterocycles. The fourth-order valence-electron chi connectivity index (χ4n) is 2.45. The molecule has 0 aromatic carbocycles. The van der Waals surface area contributed by atoms with Crippen molar-refractivity contribution in [1.29, 1.82) is 0 Å². The number of nitrogens with zero attached hydrogens (tertiary/aromatic N) is 2. The van der Waals surface area contributed by atoms with Crippen LogP contribution < -0.4 is 10.2 Å². The molecule has 1 saturated heterocycles. The van der Waals surface area contributed by atoms with E-state index in [0.29, 0.717) is 19.6 Å². The Morgan fingerprint density at radius 2 is 2.19 bits per heavy atom. The van der Waals surface area contributed by atoms with Crippen LogP contribution in [0.1, 0.15) is 33.1 Å². The Labute approximate surface area is 124 Å². The van der Waals surface area contributed by atoms with Crippen LogP contribution in [0.4, 0.5) is 20.4 Å². The molecule has 1 fully saturated rings. The second-order valence-corrected chi connectivity index (χ2v) is 5.22. The third kappa shape index (κ3) is 4.03. The highest BCUT2D eigenvalue weighted by molar-refractivity contribution is 5.49. The van der Waals surface area contributed by atoms with Gasteiger partial charge in [-0.15, -0.1) is 0 Å². The fourth-order valence-corrected chi connectivity index (χ4v) is 2.45. The SMILES string of the molecule is CCCNc1nc(N(CC)CC2CCCO2)c(F)cc1F. The number of pyridine rings is 1. The number of ether oxygens (including phenoxy) is 1. The monoisotopic (exact) mass is 299 g/mol. The van der Waals surface area contributed by atoms with E-state index in [-0.39, 0.29) is 17.7 Å². The van der Waals surface area contributed by atoms with Crippen molar-refractivity contribution in [2.45, 2.75) is 39.2 Å². The first kappa shape index (κ1) is 15.9. The van der Waals surface area contributed by atoms with Crippen LogP contribution in [0.2, 0.25) is 0 Å². The van der Waals surface area contributed by atoms with Gasteiger partial charge in [0.15, 0.2) is 23.3 Å². The largest absolute Gasteiger partial charge is 0.376 e. The van der Waals surface area contributed by atoms with E-state index in [4.69, 9.17) is 4.74 Å². The highest BCUT2D eigenvalue weighted by Crippen LogP contribution is 2.24. The number of hydrogen-bond donors (Lipinski definition) is 1. The Bertz CT molecular complexity index is 464. The van der Waals surface area contributed by atoms with Gasteiger partial charge in [-0.25, -0.2) is 13.8 Å². The van der Waals surface area contributed by atoms with Gasteiger partial charge in [-0.1, -0.05) is 6.92 Å². The smallest absolute Gasteiger partial charge is 0.168 e. The maximum atomic E-state index is 14.1. The molecule has 0 bridgehead atoms. The van der Waals surface area contributed by atoms with Crippen LogP contribution in [0.25, 0.3) is 0 Å². The van der Waals surface area contributed by atoms with Crippen molar-refractivity contribution in [3.63, 3.8) is 0 Å². The number of rotatable bonds is 7. The topological polar surface area (TPSA) is 37.4 Å². The summed E-state index contributed by atoms with van der Waals surface area (Å²) in [5.74, 6) is -0.987. The highest BCUT2D eigenvalue weighted by atomic mass is 19.1. The Hall–Kier alpha value is -1.43. The van der Waals surface area contributed by atoms with Gasteiger partial charge >= 0.3 is 0 Å². The molecular weight excluding hydrogens is 276 g/mol. The number of halogens is 2. The molecule has 1 aliphatic rings. The van der Waals surface area contributed by atoms with Crippen LogP contribution in [0.3, 0.4) is 0 Å². The molecule has 118 valence electrons. The van der Waals surface area contributed by atoms with E-state index in [9.17, 15) is 8.78 Å². The minimum absolute atomic E-state index is 0.100. The van der Waals surface area contributed by atoms with Crippen molar-refractivity contribution in [3.8, 4) is 0 Å². The third-order valence-electron chi connectivity index (χ3n) is 3.58. The number of aromatic nitrogens is 1. The summed E-state index contributed by atoms with van der Waals surface area (Å²) in [6, 6.07) is 0.901. The second-order valence-electron chi connectivity index (χ2n) is 5.22. The molecule has 0 aliphatic carbocycles. The van der Waals surface area contributed by atoms with Gasteiger partial charge in [-0.2, -0.15) is 0 Å². The van der Waals surface area contributed by atoms with E-state index >= 15 is 0 Å². The summed E-state index contributed by atoms with van der Waals surface area (Å²) in [5.41, 5.74) is 0. The first-order valence-corrected chi connectivity index (χ1v) is 7.62. The molecule has 2 rings (SSSR count). The fraction of sp³-hybridized carbons (Fsp3) is 0.667. The van der Waals surface area contributed by atoms with Gasteiger partial charge in [0, 0.05) is 32.3 Å². The molecule has 2 heterocycles. The van der Waals surface area contributed by atoms with Crippen molar-refractivity contribution in [2.75, 3.05) is 36.5 Å². The molecule has 0 amide bonds. The van der Waals surface area contributed by atoms with Gasteiger partial charge < -0.3 is 15.0 Å². The zero-order valence-corrected chi connectivity index (χ0v) is 12.7. The molecule has 1 aromatic rings. The molecule has 21 heavy (non-hydrogen) atoms. The lowest BCUT2D eigenvalue weighted by atomic mass is 10.2. The first-order valence-electron chi connectivity index (χ1n) is 7.62. The van der Waals surface area contributed by atoms with Gasteiger partial charge in [0.25, 0.3) is 0 Å². The summed E-state index contributed by atoms with van der Waals surface area (Å²) in [6.07, 6.45) is 2.95. The molecule has 1 N–H and O–H groups in total. The minimum atomic E-state index is -0.655. The normalized spacial score (nSPS) is 18.0. The maximum Gasteiger partial charge on any atom is 0.168 e. The van der Waals surface area contributed by atoms with Crippen LogP contribution in [0, 0.1) is 11.6 Å². The summed E-state index contributed by atoms with van der Waals surface area (Å²) in [6.45, 7) is 6.45. The summed E-state index contributed by atoms with van der Waals surface area (Å²) in [5, 5.41) is 2.89. The molecule has 0 radical (unpaired) electrons. The van der Waals surface area contributed by atoms with Crippen LogP contribution >= 0.6 is 0 Å². The summed E-state index contributed by atoms with van der Waals surface area (Å²) in [4.78, 5) is 5.94. The lowest BCUT2D eigenvalue weighted by Gasteiger charge is -2.25. The molecule has 1 unspecified atom stereocenters. The van der Waals surface area contributed by atoms with E-state index < -0.39 is 11.6 Å². The van der Waals surface area contributed by atoms with Crippen molar-refractivity contribution >= 4 is 11.6 Å². The highest BCUT2D eigenvalue weighted by Gasteiger charge is 2.22. The lowest BCUT2D eigenvalue weighted by molar-refractivity contribution is 0.115. The van der Waals surface area contributed by atoms with Crippen molar-refractivity contribution in [2.24, 2.45) is 0 Å². The number of hydrogen-bond acceptors (Lipinski definition) is 4. The standard InChI is InChI=1S/C15H23F2N3O/c1-3-7-18-14-12(16)9-13(17)15(19-14)20(4-2)10-11-6-5-8-21-11/h9,11H,3-8,10H2,1-2H3,(H,18,19). The second kappa shape index (κ2) is 7.54. The maximum absolute atomic E-state index is 14.1. The lowest BCUT2D eigenvalue weighted by Crippen LogP contribution is -2.33. The van der Waals surface area contributed by atoms with Crippen molar-refractivity contribution < 1.29 is 13.5 Å². The van der Waals surface area contributed by atoms with E-state index in [2.05, 4.69) is 10.3 Å². The summed E-state index contributed by atoms with van der Waals surface area (Å²) < 4.78 is 33.4. The predicted molar refractivity (Wildman–Crippen MR) is 79.8 cm³/mol. The van der Waals surface area contributed by atoms with Gasteiger partial charge in [0.05, 0.1) is 6.10 Å². The van der Waals surface area contributed by atoms with E-state index in [0.717, 1.165) is 31.9 Å². The van der Waals surface area contributed by atoms with Crippen LogP contribution in [0.15, 0.2) is 6.07 Å². The first-order chi connectivity index (χ1) is 10.2. The molecule has 1 aromatic heterocycles. The average Bonchev–Trinajstić information content (AvgIpc) is 2.97. The number of likely N-dealkylation sites (N-methyl/N-ethyl adjacent to an activating group) is 1. The van der Waals surface area contributed by atoms with Gasteiger partial charge in [-0.3, -0.25) is 0 Å².